The summed E-state index contributed by atoms with van der Waals surface area (Å²) < 4.78 is 5.18. The molecule has 1 aliphatic rings. The van der Waals surface area contributed by atoms with Crippen molar-refractivity contribution in [1.82, 2.24) is 4.98 Å². The molecule has 1 atom stereocenters. The number of nitrogens with zero attached hydrogens (tertiary/aromatic N) is 2. The van der Waals surface area contributed by atoms with E-state index in [-0.39, 0.29) is 0 Å². The van der Waals surface area contributed by atoms with E-state index >= 15 is 0 Å². The minimum Gasteiger partial charge on any atom is -0.383 e. The molecule has 1 unspecified atom stereocenters. The van der Waals surface area contributed by atoms with E-state index in [1.165, 1.54) is 12.8 Å². The maximum atomic E-state index is 6.08. The van der Waals surface area contributed by atoms with Gasteiger partial charge >= 0.3 is 0 Å². The highest BCUT2D eigenvalue weighted by Crippen LogP contribution is 2.39. The largest absolute Gasteiger partial charge is 0.383 e. The van der Waals surface area contributed by atoms with Gasteiger partial charge < -0.3 is 9.64 Å². The average Bonchev–Trinajstić information content (AvgIpc) is 3.14. The number of thiazole rings is 1. The Labute approximate surface area is 122 Å². The van der Waals surface area contributed by atoms with Crippen molar-refractivity contribution in [2.24, 2.45) is 5.92 Å². The van der Waals surface area contributed by atoms with Gasteiger partial charge in [-0.25, -0.2) is 4.98 Å². The van der Waals surface area contributed by atoms with Gasteiger partial charge in [0.2, 0.25) is 0 Å². The Balaban J connectivity index is 2.14. The van der Waals surface area contributed by atoms with Crippen LogP contribution >= 0.6 is 34.5 Å². The summed E-state index contributed by atoms with van der Waals surface area (Å²) in [5.74, 6) is 1.20. The summed E-state index contributed by atoms with van der Waals surface area (Å²) in [5, 5.41) is 1.50. The lowest BCUT2D eigenvalue weighted by Crippen LogP contribution is -2.37. The fourth-order valence-corrected chi connectivity index (χ4v) is 3.61. The van der Waals surface area contributed by atoms with Crippen LogP contribution in [0.2, 0.25) is 5.15 Å². The third-order valence-corrected chi connectivity index (χ3v) is 5.28. The Bertz CT molecular complexity index is 395. The summed E-state index contributed by atoms with van der Waals surface area (Å²) in [6.45, 7) is 3.80. The van der Waals surface area contributed by atoms with Crippen LogP contribution in [0.4, 0.5) is 5.13 Å². The molecule has 3 nitrogen and oxygen atoms in total. The normalized spacial score (nSPS) is 16.9. The van der Waals surface area contributed by atoms with Crippen LogP contribution in [0.25, 0.3) is 0 Å². The third kappa shape index (κ3) is 3.29. The first kappa shape index (κ1) is 14.4. The van der Waals surface area contributed by atoms with Crippen molar-refractivity contribution in [2.75, 3.05) is 25.2 Å². The predicted molar refractivity (Wildman–Crippen MR) is 78.1 cm³/mol. The number of methoxy groups -OCH3 is 1. The van der Waals surface area contributed by atoms with Gasteiger partial charge in [-0.2, -0.15) is 0 Å². The van der Waals surface area contributed by atoms with E-state index in [4.69, 9.17) is 27.9 Å². The van der Waals surface area contributed by atoms with E-state index in [1.54, 1.807) is 18.4 Å². The second-order valence-electron chi connectivity index (χ2n) is 4.61. The standard InChI is InChI=1S/C12H18Cl2N2OS/c1-8(9-3-4-9)16(5-6-17-2)12-15-11(14)10(7-13)18-12/h8-9H,3-7H2,1-2H3. The molecule has 0 radical (unpaired) electrons. The number of hydrogen-bond donors (Lipinski definition) is 0. The van der Waals surface area contributed by atoms with E-state index in [9.17, 15) is 0 Å². The van der Waals surface area contributed by atoms with Crippen LogP contribution in [0.5, 0.6) is 0 Å². The molecule has 1 aromatic heterocycles. The molecule has 2 rings (SSSR count). The Kier molecular flexibility index (Phi) is 5.13. The molecule has 0 aromatic carbocycles. The summed E-state index contributed by atoms with van der Waals surface area (Å²) in [6, 6.07) is 0.491. The van der Waals surface area contributed by atoms with Crippen molar-refractivity contribution in [2.45, 2.75) is 31.7 Å². The molecule has 0 saturated heterocycles. The topological polar surface area (TPSA) is 25.4 Å². The van der Waals surface area contributed by atoms with Gasteiger partial charge in [0, 0.05) is 19.7 Å². The van der Waals surface area contributed by atoms with Crippen molar-refractivity contribution in [1.29, 1.82) is 0 Å². The number of aromatic nitrogens is 1. The molecule has 102 valence electrons. The molecule has 0 N–H and O–H groups in total. The van der Waals surface area contributed by atoms with Gasteiger partial charge in [-0.15, -0.1) is 11.6 Å². The van der Waals surface area contributed by atoms with Gasteiger partial charge in [-0.05, 0) is 25.7 Å². The Morgan fingerprint density at radius 2 is 2.28 bits per heavy atom. The first-order chi connectivity index (χ1) is 8.67. The van der Waals surface area contributed by atoms with E-state index in [1.807, 2.05) is 0 Å². The highest BCUT2D eigenvalue weighted by atomic mass is 35.5. The minimum absolute atomic E-state index is 0.423. The molecular formula is C12H18Cl2N2OS. The van der Waals surface area contributed by atoms with E-state index < -0.39 is 0 Å². The molecule has 0 spiro atoms. The van der Waals surface area contributed by atoms with Crippen LogP contribution < -0.4 is 4.90 Å². The van der Waals surface area contributed by atoms with Crippen LogP contribution in [-0.2, 0) is 10.6 Å². The first-order valence-corrected chi connectivity index (χ1v) is 7.87. The summed E-state index contributed by atoms with van der Waals surface area (Å²) >= 11 is 13.5. The monoisotopic (exact) mass is 308 g/mol. The van der Waals surface area contributed by atoms with Crippen molar-refractivity contribution in [3.05, 3.63) is 10.0 Å². The molecule has 0 bridgehead atoms. The molecule has 6 heteroatoms. The second kappa shape index (κ2) is 6.42. The van der Waals surface area contributed by atoms with Crippen molar-refractivity contribution >= 4 is 39.7 Å². The Hall–Kier alpha value is -0.0300. The molecular weight excluding hydrogens is 291 g/mol. The number of rotatable bonds is 7. The molecule has 1 heterocycles. The number of ether oxygens (including phenoxy) is 1. The maximum Gasteiger partial charge on any atom is 0.187 e. The average molecular weight is 309 g/mol. The molecule has 1 aromatic rings. The lowest BCUT2D eigenvalue weighted by molar-refractivity contribution is 0.202. The fraction of sp³-hybridized carbons (Fsp3) is 0.750. The molecule has 1 saturated carbocycles. The molecule has 1 fully saturated rings. The van der Waals surface area contributed by atoms with Crippen LogP contribution in [-0.4, -0.2) is 31.3 Å². The van der Waals surface area contributed by atoms with Gasteiger partial charge in [0.15, 0.2) is 5.13 Å². The third-order valence-electron chi connectivity index (χ3n) is 3.34. The first-order valence-electron chi connectivity index (χ1n) is 6.14. The second-order valence-corrected chi connectivity index (χ2v) is 6.30. The van der Waals surface area contributed by atoms with Crippen LogP contribution in [0, 0.1) is 5.92 Å². The SMILES string of the molecule is COCCN(c1nc(Cl)c(CCl)s1)C(C)C1CC1. The lowest BCUT2D eigenvalue weighted by Gasteiger charge is -2.28. The van der Waals surface area contributed by atoms with E-state index in [0.29, 0.717) is 23.7 Å². The maximum absolute atomic E-state index is 6.08. The molecule has 18 heavy (non-hydrogen) atoms. The summed E-state index contributed by atoms with van der Waals surface area (Å²) in [7, 11) is 1.72. The van der Waals surface area contributed by atoms with Crippen molar-refractivity contribution < 1.29 is 4.74 Å². The smallest absolute Gasteiger partial charge is 0.187 e. The zero-order chi connectivity index (χ0) is 13.1. The van der Waals surface area contributed by atoms with Crippen molar-refractivity contribution in [3.8, 4) is 0 Å². The predicted octanol–water partition coefficient (Wildman–Crippen LogP) is 3.79. The number of anilines is 1. The summed E-state index contributed by atoms with van der Waals surface area (Å²) in [4.78, 5) is 7.68. The van der Waals surface area contributed by atoms with Gasteiger partial charge in [0.25, 0.3) is 0 Å². The van der Waals surface area contributed by atoms with Crippen LogP contribution in [0.15, 0.2) is 0 Å². The van der Waals surface area contributed by atoms with Crippen LogP contribution in [0.1, 0.15) is 24.6 Å². The number of alkyl halides is 1. The fourth-order valence-electron chi connectivity index (χ4n) is 2.02. The quantitative estimate of drug-likeness (QED) is 0.717. The highest BCUT2D eigenvalue weighted by Gasteiger charge is 2.33. The van der Waals surface area contributed by atoms with Crippen LogP contribution in [0.3, 0.4) is 0 Å². The summed E-state index contributed by atoms with van der Waals surface area (Å²) in [6.07, 6.45) is 2.62. The zero-order valence-electron chi connectivity index (χ0n) is 10.7. The van der Waals surface area contributed by atoms with Gasteiger partial charge in [0.05, 0.1) is 17.4 Å². The zero-order valence-corrected chi connectivity index (χ0v) is 13.0. The Morgan fingerprint density at radius 1 is 1.56 bits per heavy atom. The number of hydrogen-bond acceptors (Lipinski definition) is 4. The Morgan fingerprint density at radius 3 is 2.78 bits per heavy atom. The van der Waals surface area contributed by atoms with E-state index in [2.05, 4.69) is 16.8 Å². The highest BCUT2D eigenvalue weighted by molar-refractivity contribution is 7.16. The van der Waals surface area contributed by atoms with Crippen molar-refractivity contribution in [3.63, 3.8) is 0 Å². The molecule has 0 amide bonds. The van der Waals surface area contributed by atoms with Gasteiger partial charge in [-0.1, -0.05) is 22.9 Å². The number of halogens is 2. The molecule has 0 aliphatic heterocycles. The van der Waals surface area contributed by atoms with Gasteiger partial charge in [0.1, 0.15) is 5.15 Å². The summed E-state index contributed by atoms with van der Waals surface area (Å²) in [5.41, 5.74) is 0. The van der Waals surface area contributed by atoms with E-state index in [0.717, 1.165) is 22.5 Å². The molecule has 1 aliphatic carbocycles. The minimum atomic E-state index is 0.423. The lowest BCUT2D eigenvalue weighted by atomic mass is 10.2. The van der Waals surface area contributed by atoms with Gasteiger partial charge in [-0.3, -0.25) is 0 Å².